The van der Waals surface area contributed by atoms with Gasteiger partial charge in [0.15, 0.2) is 5.16 Å². The Bertz CT molecular complexity index is 686. The molecule has 2 aromatic rings. The van der Waals surface area contributed by atoms with Crippen LogP contribution in [0.15, 0.2) is 33.9 Å². The second-order valence-corrected chi connectivity index (χ2v) is 7.84. The van der Waals surface area contributed by atoms with Gasteiger partial charge in [-0.3, -0.25) is 4.79 Å². The molecule has 0 saturated heterocycles. The summed E-state index contributed by atoms with van der Waals surface area (Å²) in [7, 11) is 0. The van der Waals surface area contributed by atoms with Crippen molar-refractivity contribution in [3.8, 4) is 0 Å². The monoisotopic (exact) mass is 394 g/mol. The highest BCUT2D eigenvalue weighted by molar-refractivity contribution is 9.10. The summed E-state index contributed by atoms with van der Waals surface area (Å²) in [5, 5.41) is 12.1. The highest BCUT2D eigenvalue weighted by atomic mass is 79.9. The van der Waals surface area contributed by atoms with Crippen LogP contribution >= 0.6 is 27.7 Å². The number of nitrogens with zero attached hydrogens (tertiary/aromatic N) is 3. The zero-order chi connectivity index (χ0) is 16.2. The molecule has 2 heterocycles. The van der Waals surface area contributed by atoms with Gasteiger partial charge < -0.3 is 9.88 Å². The minimum atomic E-state index is -0.227. The molecule has 5 nitrogen and oxygen atoms in total. The van der Waals surface area contributed by atoms with Gasteiger partial charge in [-0.2, -0.15) is 0 Å². The second kappa shape index (κ2) is 7.49. The summed E-state index contributed by atoms with van der Waals surface area (Å²) >= 11 is 4.86. The van der Waals surface area contributed by atoms with E-state index >= 15 is 0 Å². The van der Waals surface area contributed by atoms with Crippen LogP contribution in [0.5, 0.6) is 0 Å². The van der Waals surface area contributed by atoms with Crippen LogP contribution in [0.25, 0.3) is 0 Å². The molecule has 1 atom stereocenters. The van der Waals surface area contributed by atoms with Gasteiger partial charge in [-0.1, -0.05) is 34.1 Å². The van der Waals surface area contributed by atoms with Crippen molar-refractivity contribution in [2.75, 3.05) is 5.32 Å². The number of nitrogens with one attached hydrogen (secondary N) is 1. The molecule has 1 aliphatic heterocycles. The number of benzene rings is 1. The van der Waals surface area contributed by atoms with Crippen LogP contribution in [0, 0.1) is 0 Å². The van der Waals surface area contributed by atoms with Crippen LogP contribution in [-0.4, -0.2) is 25.9 Å². The lowest BCUT2D eigenvalue weighted by molar-refractivity contribution is -0.115. The van der Waals surface area contributed by atoms with Crippen molar-refractivity contribution in [2.45, 2.75) is 49.6 Å². The number of hydrogen-bond donors (Lipinski definition) is 1. The maximum atomic E-state index is 12.4. The molecule has 0 unspecified atom stereocenters. The number of carbonyl (C=O) groups excluding carboxylic acids is 1. The van der Waals surface area contributed by atoms with E-state index < -0.39 is 0 Å². The molecule has 0 aliphatic carbocycles. The van der Waals surface area contributed by atoms with E-state index in [0.29, 0.717) is 0 Å². The summed E-state index contributed by atoms with van der Waals surface area (Å²) in [6.45, 7) is 2.85. The summed E-state index contributed by atoms with van der Waals surface area (Å²) in [6.07, 6.45) is 4.53. The van der Waals surface area contributed by atoms with E-state index in [1.54, 1.807) is 0 Å². The number of aromatic nitrogens is 3. The summed E-state index contributed by atoms with van der Waals surface area (Å²) in [5.41, 5.74) is 0.797. The topological polar surface area (TPSA) is 59.8 Å². The van der Waals surface area contributed by atoms with Gasteiger partial charge in [0.2, 0.25) is 5.91 Å². The first-order chi connectivity index (χ1) is 11.1. The Morgan fingerprint density at radius 2 is 2.04 bits per heavy atom. The molecule has 122 valence electrons. The maximum absolute atomic E-state index is 12.4. The molecule has 1 aromatic heterocycles. The molecule has 1 N–H and O–H groups in total. The van der Waals surface area contributed by atoms with Crippen LogP contribution in [0.3, 0.4) is 0 Å². The van der Waals surface area contributed by atoms with Gasteiger partial charge in [0, 0.05) is 23.1 Å². The van der Waals surface area contributed by atoms with Gasteiger partial charge in [0.05, 0.1) is 5.25 Å². The Morgan fingerprint density at radius 1 is 1.26 bits per heavy atom. The molecule has 0 saturated carbocycles. The molecule has 3 rings (SSSR count). The van der Waals surface area contributed by atoms with Crippen molar-refractivity contribution in [3.63, 3.8) is 0 Å². The van der Waals surface area contributed by atoms with E-state index in [-0.39, 0.29) is 11.2 Å². The predicted molar refractivity (Wildman–Crippen MR) is 95.7 cm³/mol. The summed E-state index contributed by atoms with van der Waals surface area (Å²) in [4.78, 5) is 12.4. The first kappa shape index (κ1) is 16.5. The van der Waals surface area contributed by atoms with Gasteiger partial charge in [-0.15, -0.1) is 10.2 Å². The number of amides is 1. The quantitative estimate of drug-likeness (QED) is 0.799. The molecule has 1 aliphatic rings. The molecule has 23 heavy (non-hydrogen) atoms. The Balaban J connectivity index is 1.64. The summed E-state index contributed by atoms with van der Waals surface area (Å²) < 4.78 is 3.16. The third kappa shape index (κ3) is 4.14. The van der Waals surface area contributed by atoms with Crippen molar-refractivity contribution in [2.24, 2.45) is 0 Å². The second-order valence-electron chi connectivity index (χ2n) is 5.62. The highest BCUT2D eigenvalue weighted by Crippen LogP contribution is 2.26. The third-order valence-corrected chi connectivity index (χ3v) is 5.45. The van der Waals surface area contributed by atoms with Gasteiger partial charge >= 0.3 is 0 Å². The molecule has 1 aromatic carbocycles. The molecule has 0 spiro atoms. The van der Waals surface area contributed by atoms with Crippen LogP contribution in [-0.2, 0) is 17.8 Å². The van der Waals surface area contributed by atoms with Gasteiger partial charge in [0.25, 0.3) is 0 Å². The molecule has 0 bridgehead atoms. The lowest BCUT2D eigenvalue weighted by Crippen LogP contribution is -2.23. The Labute approximate surface area is 148 Å². The third-order valence-electron chi connectivity index (χ3n) is 3.84. The van der Waals surface area contributed by atoms with Crippen molar-refractivity contribution in [1.82, 2.24) is 14.8 Å². The average Bonchev–Trinajstić information content (AvgIpc) is 2.77. The first-order valence-corrected chi connectivity index (χ1v) is 9.46. The summed E-state index contributed by atoms with van der Waals surface area (Å²) in [5.74, 6) is 1.02. The SMILES string of the molecule is C[C@@H](Sc1nnc2n1CCCCC2)C(=O)Nc1ccc(Br)cc1. The van der Waals surface area contributed by atoms with E-state index in [9.17, 15) is 4.79 Å². The number of aryl methyl sites for hydroxylation is 1. The van der Waals surface area contributed by atoms with E-state index in [1.165, 1.54) is 24.6 Å². The number of fused-ring (bicyclic) bond motifs is 1. The minimum Gasteiger partial charge on any atom is -0.325 e. The number of rotatable bonds is 4. The van der Waals surface area contributed by atoms with Crippen molar-refractivity contribution >= 4 is 39.3 Å². The first-order valence-electron chi connectivity index (χ1n) is 7.78. The smallest absolute Gasteiger partial charge is 0.237 e. The average molecular weight is 395 g/mol. The van der Waals surface area contributed by atoms with Crippen LogP contribution in [0.1, 0.15) is 32.0 Å². The largest absolute Gasteiger partial charge is 0.325 e. The fourth-order valence-electron chi connectivity index (χ4n) is 2.53. The number of thioether (sulfide) groups is 1. The maximum Gasteiger partial charge on any atom is 0.237 e. The molecular weight excluding hydrogens is 376 g/mol. The molecule has 7 heteroatoms. The molecule has 0 radical (unpaired) electrons. The molecule has 0 fully saturated rings. The zero-order valence-electron chi connectivity index (χ0n) is 13.0. The minimum absolute atomic E-state index is 0.0247. The lowest BCUT2D eigenvalue weighted by Gasteiger charge is -2.12. The number of anilines is 1. The Kier molecular flexibility index (Phi) is 5.38. The normalized spacial score (nSPS) is 15.6. The van der Waals surface area contributed by atoms with E-state index in [0.717, 1.165) is 40.5 Å². The number of hydrogen-bond acceptors (Lipinski definition) is 4. The lowest BCUT2D eigenvalue weighted by atomic mass is 10.2. The van der Waals surface area contributed by atoms with Crippen LogP contribution in [0.2, 0.25) is 0 Å². The molecular formula is C16H19BrN4OS. The van der Waals surface area contributed by atoms with Crippen molar-refractivity contribution in [3.05, 3.63) is 34.6 Å². The fraction of sp³-hybridized carbons (Fsp3) is 0.438. The predicted octanol–water partition coefficient (Wildman–Crippen LogP) is 3.89. The molecule has 1 amide bonds. The van der Waals surface area contributed by atoms with E-state index in [4.69, 9.17) is 0 Å². The summed E-state index contributed by atoms with van der Waals surface area (Å²) in [6, 6.07) is 7.57. The van der Waals surface area contributed by atoms with Gasteiger partial charge in [0.1, 0.15) is 5.82 Å². The standard InChI is InChI=1S/C16H19BrN4OS/c1-11(15(22)18-13-8-6-12(17)7-9-13)23-16-20-19-14-5-3-2-4-10-21(14)16/h6-9,11H,2-5,10H2,1H3,(H,18,22)/t11-/m1/s1. The van der Waals surface area contributed by atoms with E-state index in [2.05, 4.69) is 36.0 Å². The zero-order valence-corrected chi connectivity index (χ0v) is 15.4. The Morgan fingerprint density at radius 3 is 2.83 bits per heavy atom. The highest BCUT2D eigenvalue weighted by Gasteiger charge is 2.21. The van der Waals surface area contributed by atoms with Gasteiger partial charge in [-0.05, 0) is 44.0 Å². The van der Waals surface area contributed by atoms with Crippen molar-refractivity contribution in [1.29, 1.82) is 0 Å². The Hall–Kier alpha value is -1.34. The fourth-order valence-corrected chi connectivity index (χ4v) is 3.69. The number of halogens is 1. The van der Waals surface area contributed by atoms with Gasteiger partial charge in [-0.25, -0.2) is 0 Å². The van der Waals surface area contributed by atoms with E-state index in [1.807, 2.05) is 31.2 Å². The number of carbonyl (C=O) groups is 1. The van der Waals surface area contributed by atoms with Crippen LogP contribution in [0.4, 0.5) is 5.69 Å². The van der Waals surface area contributed by atoms with Crippen molar-refractivity contribution < 1.29 is 4.79 Å². The van der Waals surface area contributed by atoms with Crippen LogP contribution < -0.4 is 5.32 Å².